The molecule has 0 amide bonds. The van der Waals surface area contributed by atoms with E-state index >= 15 is 0 Å². The third-order valence-electron chi connectivity index (χ3n) is 5.57. The largest absolute Gasteiger partial charge is 0.492 e. The molecule has 0 saturated carbocycles. The Balaban J connectivity index is 1.54. The molecule has 2 heterocycles. The second kappa shape index (κ2) is 10.1. The van der Waals surface area contributed by atoms with Crippen LogP contribution >= 0.6 is 0 Å². The molecule has 1 aromatic rings. The van der Waals surface area contributed by atoms with Crippen molar-refractivity contribution >= 4 is 0 Å². The van der Waals surface area contributed by atoms with Crippen molar-refractivity contribution in [1.82, 2.24) is 9.80 Å². The number of methoxy groups -OCH3 is 1. The fourth-order valence-corrected chi connectivity index (χ4v) is 4.11. The van der Waals surface area contributed by atoms with Crippen LogP contribution in [0.4, 0.5) is 0 Å². The van der Waals surface area contributed by atoms with Gasteiger partial charge in [0, 0.05) is 31.8 Å². The molecule has 4 nitrogen and oxygen atoms in total. The minimum Gasteiger partial charge on any atom is -0.492 e. The van der Waals surface area contributed by atoms with Gasteiger partial charge in [0.1, 0.15) is 12.4 Å². The van der Waals surface area contributed by atoms with E-state index in [-0.39, 0.29) is 0 Å². The van der Waals surface area contributed by atoms with Crippen LogP contribution in [0.15, 0.2) is 24.3 Å². The molecule has 4 heteroatoms. The van der Waals surface area contributed by atoms with Gasteiger partial charge in [0.05, 0.1) is 6.61 Å². The Morgan fingerprint density at radius 3 is 2.64 bits per heavy atom. The lowest BCUT2D eigenvalue weighted by Crippen LogP contribution is -2.41. The van der Waals surface area contributed by atoms with Gasteiger partial charge in [-0.15, -0.1) is 0 Å². The smallest absolute Gasteiger partial charge is 0.123 e. The average Bonchev–Trinajstić information content (AvgIpc) is 2.66. The zero-order valence-electron chi connectivity index (χ0n) is 15.8. The molecular weight excluding hydrogens is 312 g/mol. The Hall–Kier alpha value is -1.10. The van der Waals surface area contributed by atoms with Gasteiger partial charge in [0.25, 0.3) is 0 Å². The number of hydrogen-bond donors (Lipinski definition) is 0. The SMILES string of the molecule is COCC1CCCCN1Cc1ccccc1OCCN1CCCCC1. The van der Waals surface area contributed by atoms with E-state index in [0.717, 1.165) is 38.6 Å². The predicted octanol–water partition coefficient (Wildman–Crippen LogP) is 3.55. The van der Waals surface area contributed by atoms with Crippen molar-refractivity contribution in [3.8, 4) is 5.75 Å². The monoisotopic (exact) mass is 346 g/mol. The van der Waals surface area contributed by atoms with Gasteiger partial charge >= 0.3 is 0 Å². The molecule has 0 aliphatic carbocycles. The first kappa shape index (κ1) is 18.7. The summed E-state index contributed by atoms with van der Waals surface area (Å²) in [6.45, 7) is 7.26. The average molecular weight is 347 g/mol. The first-order valence-electron chi connectivity index (χ1n) is 10.0. The lowest BCUT2D eigenvalue weighted by molar-refractivity contribution is 0.0593. The first-order chi connectivity index (χ1) is 12.4. The fourth-order valence-electron chi connectivity index (χ4n) is 4.11. The summed E-state index contributed by atoms with van der Waals surface area (Å²) in [6, 6.07) is 9.10. The van der Waals surface area contributed by atoms with Crippen LogP contribution in [-0.4, -0.2) is 62.3 Å². The number of likely N-dealkylation sites (tertiary alicyclic amines) is 2. The van der Waals surface area contributed by atoms with Crippen molar-refractivity contribution in [3.63, 3.8) is 0 Å². The summed E-state index contributed by atoms with van der Waals surface area (Å²) >= 11 is 0. The van der Waals surface area contributed by atoms with Gasteiger partial charge in [-0.2, -0.15) is 0 Å². The summed E-state index contributed by atoms with van der Waals surface area (Å²) in [5.74, 6) is 1.06. The molecule has 3 rings (SSSR count). The highest BCUT2D eigenvalue weighted by molar-refractivity contribution is 5.33. The molecule has 2 aliphatic rings. The molecule has 1 aromatic carbocycles. The van der Waals surface area contributed by atoms with Gasteiger partial charge in [-0.25, -0.2) is 0 Å². The van der Waals surface area contributed by atoms with Gasteiger partial charge in [-0.3, -0.25) is 9.80 Å². The highest BCUT2D eigenvalue weighted by atomic mass is 16.5. The second-order valence-corrected chi connectivity index (χ2v) is 7.43. The zero-order valence-corrected chi connectivity index (χ0v) is 15.8. The lowest BCUT2D eigenvalue weighted by atomic mass is 10.0. The van der Waals surface area contributed by atoms with Crippen LogP contribution in [0, 0.1) is 0 Å². The van der Waals surface area contributed by atoms with Crippen LogP contribution in [-0.2, 0) is 11.3 Å². The molecule has 140 valence electrons. The molecular formula is C21H34N2O2. The number of ether oxygens (including phenoxy) is 2. The zero-order chi connectivity index (χ0) is 17.3. The molecule has 0 radical (unpaired) electrons. The Morgan fingerprint density at radius 2 is 1.80 bits per heavy atom. The normalized spacial score (nSPS) is 22.8. The maximum atomic E-state index is 6.18. The van der Waals surface area contributed by atoms with Crippen LogP contribution in [0.1, 0.15) is 44.1 Å². The number of piperidine rings is 2. The van der Waals surface area contributed by atoms with E-state index in [0.29, 0.717) is 6.04 Å². The van der Waals surface area contributed by atoms with Gasteiger partial charge < -0.3 is 9.47 Å². The first-order valence-corrected chi connectivity index (χ1v) is 10.0. The minimum absolute atomic E-state index is 0.542. The van der Waals surface area contributed by atoms with Crippen LogP contribution in [0.3, 0.4) is 0 Å². The van der Waals surface area contributed by atoms with E-state index in [1.54, 1.807) is 0 Å². The Bertz CT molecular complexity index is 500. The summed E-state index contributed by atoms with van der Waals surface area (Å²) in [6.07, 6.45) is 7.92. The Morgan fingerprint density at radius 1 is 1.00 bits per heavy atom. The van der Waals surface area contributed by atoms with Gasteiger partial charge in [-0.1, -0.05) is 31.0 Å². The second-order valence-electron chi connectivity index (χ2n) is 7.43. The van der Waals surface area contributed by atoms with Crippen molar-refractivity contribution in [2.75, 3.05) is 46.5 Å². The quantitative estimate of drug-likeness (QED) is 0.719. The van der Waals surface area contributed by atoms with Gasteiger partial charge in [0.2, 0.25) is 0 Å². The van der Waals surface area contributed by atoms with Crippen molar-refractivity contribution in [2.45, 2.75) is 51.1 Å². The summed E-state index contributed by atoms with van der Waals surface area (Å²) in [5, 5.41) is 0. The molecule has 2 saturated heterocycles. The van der Waals surface area contributed by atoms with Gasteiger partial charge in [0.15, 0.2) is 0 Å². The third kappa shape index (κ3) is 5.70. The number of hydrogen-bond acceptors (Lipinski definition) is 4. The van der Waals surface area contributed by atoms with E-state index in [9.17, 15) is 0 Å². The van der Waals surface area contributed by atoms with Crippen LogP contribution in [0.5, 0.6) is 5.75 Å². The predicted molar refractivity (Wildman–Crippen MR) is 102 cm³/mol. The van der Waals surface area contributed by atoms with Crippen LogP contribution < -0.4 is 4.74 Å². The molecule has 0 N–H and O–H groups in total. The molecule has 0 bridgehead atoms. The minimum atomic E-state index is 0.542. The van der Waals surface area contributed by atoms with Crippen molar-refractivity contribution in [3.05, 3.63) is 29.8 Å². The number of rotatable bonds is 8. The summed E-state index contributed by atoms with van der Waals surface area (Å²) < 4.78 is 11.6. The van der Waals surface area contributed by atoms with Crippen molar-refractivity contribution in [1.29, 1.82) is 0 Å². The van der Waals surface area contributed by atoms with Gasteiger partial charge in [-0.05, 0) is 51.4 Å². The van der Waals surface area contributed by atoms with Crippen LogP contribution in [0.2, 0.25) is 0 Å². The number of nitrogens with zero attached hydrogens (tertiary/aromatic N) is 2. The van der Waals surface area contributed by atoms with Crippen molar-refractivity contribution in [2.24, 2.45) is 0 Å². The van der Waals surface area contributed by atoms with E-state index in [2.05, 4.69) is 34.1 Å². The summed E-state index contributed by atoms with van der Waals surface area (Å²) in [4.78, 5) is 5.10. The molecule has 2 fully saturated rings. The maximum absolute atomic E-state index is 6.18. The Kier molecular flexibility index (Phi) is 7.58. The lowest BCUT2D eigenvalue weighted by Gasteiger charge is -2.35. The molecule has 0 aromatic heterocycles. The highest BCUT2D eigenvalue weighted by Gasteiger charge is 2.23. The highest BCUT2D eigenvalue weighted by Crippen LogP contribution is 2.25. The molecule has 2 aliphatic heterocycles. The van der Waals surface area contributed by atoms with E-state index in [1.807, 2.05) is 7.11 Å². The molecule has 25 heavy (non-hydrogen) atoms. The molecule has 1 atom stereocenters. The topological polar surface area (TPSA) is 24.9 Å². The van der Waals surface area contributed by atoms with E-state index in [1.165, 1.54) is 57.2 Å². The summed E-state index contributed by atoms with van der Waals surface area (Å²) in [5.41, 5.74) is 1.31. The summed E-state index contributed by atoms with van der Waals surface area (Å²) in [7, 11) is 1.81. The number of para-hydroxylation sites is 1. The van der Waals surface area contributed by atoms with E-state index in [4.69, 9.17) is 9.47 Å². The molecule has 1 unspecified atom stereocenters. The third-order valence-corrected chi connectivity index (χ3v) is 5.57. The van der Waals surface area contributed by atoms with E-state index < -0.39 is 0 Å². The van der Waals surface area contributed by atoms with Crippen LogP contribution in [0.25, 0.3) is 0 Å². The fraction of sp³-hybridized carbons (Fsp3) is 0.714. The molecule has 0 spiro atoms. The Labute approximate surface area is 153 Å². The maximum Gasteiger partial charge on any atom is 0.123 e. The van der Waals surface area contributed by atoms with Crippen molar-refractivity contribution < 1.29 is 9.47 Å². The number of benzene rings is 1. The standard InChI is InChI=1S/C21H34N2O2/c1-24-18-20-10-5-8-14-23(20)17-19-9-3-4-11-21(19)25-16-15-22-12-6-2-7-13-22/h3-4,9,11,20H,2,5-8,10,12-18H2,1H3.